The Bertz CT molecular complexity index is 568. The fraction of sp³-hybridized carbons (Fsp3) is 0.294. The molecule has 0 radical (unpaired) electrons. The Kier molecular flexibility index (Phi) is 5.17. The third kappa shape index (κ3) is 4.06. The molecule has 106 valence electrons. The predicted molar refractivity (Wildman–Crippen MR) is 87.3 cm³/mol. The van der Waals surface area contributed by atoms with Crippen LogP contribution < -0.4 is 10.6 Å². The van der Waals surface area contributed by atoms with Gasteiger partial charge < -0.3 is 9.88 Å². The molecule has 0 saturated heterocycles. The molecule has 2 aromatic rings. The zero-order valence-electron chi connectivity index (χ0n) is 12.1. The molecule has 0 fully saturated rings. The number of hydrogen-bond acceptors (Lipinski definition) is 2. The first-order valence-electron chi connectivity index (χ1n) is 7.00. The number of benzene rings is 2. The van der Waals surface area contributed by atoms with Crippen LogP contribution in [0.2, 0.25) is 0 Å². The molecule has 0 aliphatic rings. The highest BCUT2D eigenvalue weighted by molar-refractivity contribution is 7.70. The van der Waals surface area contributed by atoms with Gasteiger partial charge >= 0.3 is 0 Å². The Labute approximate surface area is 121 Å². The third-order valence-electron chi connectivity index (χ3n) is 3.59. The maximum absolute atomic E-state index is 12.7. The quantitative estimate of drug-likeness (QED) is 0.822. The first-order valence-corrected chi connectivity index (χ1v) is 9.34. The first kappa shape index (κ1) is 15.0. The summed E-state index contributed by atoms with van der Waals surface area (Å²) in [6.07, 6.45) is 0.689. The average molecular weight is 287 g/mol. The number of rotatable bonds is 6. The van der Waals surface area contributed by atoms with Crippen molar-refractivity contribution in [3.8, 4) is 0 Å². The molecule has 2 nitrogen and oxygen atoms in total. The van der Waals surface area contributed by atoms with E-state index in [0.717, 1.165) is 11.8 Å². The van der Waals surface area contributed by atoms with Crippen molar-refractivity contribution in [2.24, 2.45) is 0 Å². The van der Waals surface area contributed by atoms with Gasteiger partial charge in [0.15, 0.2) is 0 Å². The lowest BCUT2D eigenvalue weighted by Gasteiger charge is -2.17. The van der Waals surface area contributed by atoms with Gasteiger partial charge in [-0.2, -0.15) is 0 Å². The van der Waals surface area contributed by atoms with Gasteiger partial charge in [0.1, 0.15) is 7.14 Å². The molecule has 1 unspecified atom stereocenters. The van der Waals surface area contributed by atoms with Gasteiger partial charge in [-0.05, 0) is 19.2 Å². The lowest BCUT2D eigenvalue weighted by atomic mass is 10.1. The summed E-state index contributed by atoms with van der Waals surface area (Å²) in [5, 5.41) is 4.42. The van der Waals surface area contributed by atoms with Crippen LogP contribution in [0.5, 0.6) is 0 Å². The fourth-order valence-corrected chi connectivity index (χ4v) is 3.84. The largest absolute Gasteiger partial charge is 0.319 e. The van der Waals surface area contributed by atoms with Crippen LogP contribution in [-0.2, 0) is 4.57 Å². The van der Waals surface area contributed by atoms with Gasteiger partial charge in [-0.3, -0.25) is 0 Å². The predicted octanol–water partition coefficient (Wildman–Crippen LogP) is 3.66. The molecule has 0 bridgehead atoms. The van der Waals surface area contributed by atoms with Gasteiger partial charge in [-0.25, -0.2) is 0 Å². The summed E-state index contributed by atoms with van der Waals surface area (Å²) in [6, 6.07) is 20.4. The molecule has 0 heterocycles. The highest BCUT2D eigenvalue weighted by Gasteiger charge is 2.17. The van der Waals surface area contributed by atoms with Crippen LogP contribution in [0.3, 0.4) is 0 Å². The molecule has 0 aliphatic carbocycles. The second kappa shape index (κ2) is 6.88. The van der Waals surface area contributed by atoms with Crippen molar-refractivity contribution < 1.29 is 4.57 Å². The summed E-state index contributed by atoms with van der Waals surface area (Å²) in [7, 11) is -2.26. The third-order valence-corrected chi connectivity index (χ3v) is 6.06. The van der Waals surface area contributed by atoms with Crippen LogP contribution in [0, 0.1) is 0 Å². The van der Waals surface area contributed by atoms with Crippen LogP contribution in [0.25, 0.3) is 0 Å². The maximum atomic E-state index is 12.7. The zero-order chi connectivity index (χ0) is 14.4. The van der Waals surface area contributed by atoms with Crippen molar-refractivity contribution in [1.29, 1.82) is 0 Å². The lowest BCUT2D eigenvalue weighted by Crippen LogP contribution is -2.23. The van der Waals surface area contributed by atoms with E-state index >= 15 is 0 Å². The normalized spacial score (nSPS) is 15.5. The molecule has 2 aromatic carbocycles. The van der Waals surface area contributed by atoms with Gasteiger partial charge in [0.25, 0.3) is 0 Å². The van der Waals surface area contributed by atoms with E-state index < -0.39 is 7.14 Å². The molecular formula is C17H22NOP. The molecule has 0 spiro atoms. The lowest BCUT2D eigenvalue weighted by molar-refractivity contribution is 0.570. The summed E-state index contributed by atoms with van der Waals surface area (Å²) >= 11 is 0. The van der Waals surface area contributed by atoms with E-state index in [1.807, 2.05) is 55.2 Å². The minimum absolute atomic E-state index is 0.284. The van der Waals surface area contributed by atoms with Gasteiger partial charge in [-0.15, -0.1) is 0 Å². The number of nitrogens with one attached hydrogen (secondary N) is 1. The van der Waals surface area contributed by atoms with Crippen LogP contribution in [-0.4, -0.2) is 19.4 Å². The molecule has 2 atom stereocenters. The van der Waals surface area contributed by atoms with E-state index in [1.165, 1.54) is 5.56 Å². The molecule has 0 aromatic heterocycles. The SMILES string of the molecule is C[C@@H](NCCP(C)(=O)c1ccccc1)c1ccccc1. The van der Waals surface area contributed by atoms with E-state index in [9.17, 15) is 4.57 Å². The maximum Gasteiger partial charge on any atom is 0.113 e. The Balaban J connectivity index is 1.88. The van der Waals surface area contributed by atoms with Gasteiger partial charge in [-0.1, -0.05) is 60.7 Å². The van der Waals surface area contributed by atoms with Crippen molar-refractivity contribution in [3.05, 3.63) is 66.2 Å². The Morgan fingerprint density at radius 3 is 2.15 bits per heavy atom. The van der Waals surface area contributed by atoms with E-state index in [4.69, 9.17) is 0 Å². The van der Waals surface area contributed by atoms with Crippen molar-refractivity contribution in [1.82, 2.24) is 5.32 Å². The van der Waals surface area contributed by atoms with E-state index in [2.05, 4.69) is 24.4 Å². The minimum Gasteiger partial charge on any atom is -0.319 e. The fourth-order valence-electron chi connectivity index (χ4n) is 2.23. The summed E-state index contributed by atoms with van der Waals surface area (Å²) in [5.41, 5.74) is 1.26. The second-order valence-corrected chi connectivity index (χ2v) is 8.41. The van der Waals surface area contributed by atoms with E-state index in [-0.39, 0.29) is 6.04 Å². The first-order chi connectivity index (χ1) is 9.59. The van der Waals surface area contributed by atoms with Gasteiger partial charge in [0, 0.05) is 24.1 Å². The summed E-state index contributed by atoms with van der Waals surface area (Å²) in [4.78, 5) is 0. The molecule has 0 saturated carbocycles. The second-order valence-electron chi connectivity index (χ2n) is 5.25. The van der Waals surface area contributed by atoms with E-state index in [0.29, 0.717) is 6.16 Å². The summed E-state index contributed by atoms with van der Waals surface area (Å²) in [5.74, 6) is 0. The average Bonchev–Trinajstić information content (AvgIpc) is 2.49. The smallest absolute Gasteiger partial charge is 0.113 e. The molecule has 0 amide bonds. The highest BCUT2D eigenvalue weighted by atomic mass is 31.2. The van der Waals surface area contributed by atoms with Crippen LogP contribution in [0.1, 0.15) is 18.5 Å². The summed E-state index contributed by atoms with van der Waals surface area (Å²) < 4.78 is 12.7. The number of hydrogen-bond donors (Lipinski definition) is 1. The molecule has 20 heavy (non-hydrogen) atoms. The van der Waals surface area contributed by atoms with Crippen LogP contribution >= 0.6 is 7.14 Å². The van der Waals surface area contributed by atoms with Crippen LogP contribution in [0.4, 0.5) is 0 Å². The van der Waals surface area contributed by atoms with Crippen molar-refractivity contribution in [2.75, 3.05) is 19.4 Å². The monoisotopic (exact) mass is 287 g/mol. The van der Waals surface area contributed by atoms with Crippen LogP contribution in [0.15, 0.2) is 60.7 Å². The highest BCUT2D eigenvalue weighted by Crippen LogP contribution is 2.38. The van der Waals surface area contributed by atoms with Crippen molar-refractivity contribution >= 4 is 12.4 Å². The van der Waals surface area contributed by atoms with Gasteiger partial charge in [0.05, 0.1) is 0 Å². The topological polar surface area (TPSA) is 29.1 Å². The van der Waals surface area contributed by atoms with E-state index in [1.54, 1.807) is 0 Å². The molecule has 1 N–H and O–H groups in total. The molecule has 3 heteroatoms. The minimum atomic E-state index is -2.26. The Morgan fingerprint density at radius 1 is 1.00 bits per heavy atom. The Hall–Kier alpha value is -1.37. The standard InChI is InChI=1S/C17H22NOP/c1-15(16-9-5-3-6-10-16)18-13-14-20(2,19)17-11-7-4-8-12-17/h3-12,15,18H,13-14H2,1-2H3/t15-,20?/m1/s1. The van der Waals surface area contributed by atoms with Crippen molar-refractivity contribution in [3.63, 3.8) is 0 Å². The Morgan fingerprint density at radius 2 is 1.55 bits per heavy atom. The van der Waals surface area contributed by atoms with Crippen molar-refractivity contribution in [2.45, 2.75) is 13.0 Å². The molecule has 0 aliphatic heterocycles. The molecule has 2 rings (SSSR count). The zero-order valence-corrected chi connectivity index (χ0v) is 13.0. The molecular weight excluding hydrogens is 265 g/mol. The van der Waals surface area contributed by atoms with Gasteiger partial charge in [0.2, 0.25) is 0 Å². The summed E-state index contributed by atoms with van der Waals surface area (Å²) in [6.45, 7) is 4.77.